The molecular weight excluding hydrogens is 282 g/mol. The first kappa shape index (κ1) is 16.7. The van der Waals surface area contributed by atoms with Gasteiger partial charge in [-0.2, -0.15) is 0 Å². The lowest BCUT2D eigenvalue weighted by Crippen LogP contribution is -2.34. The maximum atomic E-state index is 11.5. The predicted octanol–water partition coefficient (Wildman–Crippen LogP) is 2.31. The summed E-state index contributed by atoms with van der Waals surface area (Å²) in [5.74, 6) is 0.401. The van der Waals surface area contributed by atoms with Crippen molar-refractivity contribution in [3.63, 3.8) is 0 Å². The average molecular weight is 307 g/mol. The van der Waals surface area contributed by atoms with Gasteiger partial charge in [-0.1, -0.05) is 20.8 Å². The Kier molecular flexibility index (Phi) is 5.34. The van der Waals surface area contributed by atoms with Crippen LogP contribution in [-0.4, -0.2) is 40.8 Å². The monoisotopic (exact) mass is 307 g/mol. The number of rotatable bonds is 5. The van der Waals surface area contributed by atoms with Crippen LogP contribution in [0.25, 0.3) is 0 Å². The van der Waals surface area contributed by atoms with Gasteiger partial charge in [-0.25, -0.2) is 9.97 Å². The van der Waals surface area contributed by atoms with Gasteiger partial charge >= 0.3 is 5.97 Å². The lowest BCUT2D eigenvalue weighted by Gasteiger charge is -2.28. The molecule has 1 fully saturated rings. The zero-order valence-electron chi connectivity index (χ0n) is 13.5. The summed E-state index contributed by atoms with van der Waals surface area (Å²) >= 11 is 0. The quantitative estimate of drug-likeness (QED) is 0.868. The number of carbonyl (C=O) groups is 1. The van der Waals surface area contributed by atoms with E-state index < -0.39 is 11.9 Å². The maximum Gasteiger partial charge on any atom is 0.308 e. The molecule has 1 atom stereocenters. The largest absolute Gasteiger partial charge is 0.481 e. The smallest absolute Gasteiger partial charge is 0.308 e. The summed E-state index contributed by atoms with van der Waals surface area (Å²) in [5, 5.41) is 12.6. The van der Waals surface area contributed by atoms with E-state index in [0.717, 1.165) is 18.7 Å². The Hall–Kier alpha value is -1.69. The highest BCUT2D eigenvalue weighted by Crippen LogP contribution is 2.25. The summed E-state index contributed by atoms with van der Waals surface area (Å²) in [4.78, 5) is 20.3. The fraction of sp³-hybridized carbons (Fsp3) is 0.688. The van der Waals surface area contributed by atoms with Crippen LogP contribution in [0.2, 0.25) is 0 Å². The summed E-state index contributed by atoms with van der Waals surface area (Å²) in [6, 6.07) is 1.78. The molecule has 2 heterocycles. The molecule has 1 saturated heterocycles. The highest BCUT2D eigenvalue weighted by Gasteiger charge is 2.29. The summed E-state index contributed by atoms with van der Waals surface area (Å²) < 4.78 is 5.31. The van der Waals surface area contributed by atoms with Crippen LogP contribution >= 0.6 is 0 Å². The molecule has 1 unspecified atom stereocenters. The van der Waals surface area contributed by atoms with Crippen LogP contribution in [0.3, 0.4) is 0 Å². The lowest BCUT2D eigenvalue weighted by atomic mass is 9.86. The van der Waals surface area contributed by atoms with E-state index in [2.05, 4.69) is 15.3 Å². The van der Waals surface area contributed by atoms with Gasteiger partial charge in [0.1, 0.15) is 11.6 Å². The number of carboxylic acid groups (broad SMARTS) is 1. The van der Waals surface area contributed by atoms with Gasteiger partial charge in [0, 0.05) is 31.4 Å². The minimum Gasteiger partial charge on any atom is -0.481 e. The van der Waals surface area contributed by atoms with E-state index in [-0.39, 0.29) is 11.3 Å². The van der Waals surface area contributed by atoms with Gasteiger partial charge in [0.05, 0.1) is 5.92 Å². The van der Waals surface area contributed by atoms with E-state index in [1.54, 1.807) is 12.3 Å². The van der Waals surface area contributed by atoms with Crippen molar-refractivity contribution in [2.45, 2.75) is 39.0 Å². The summed E-state index contributed by atoms with van der Waals surface area (Å²) in [5.41, 5.74) is -0.134. The van der Waals surface area contributed by atoms with Crippen molar-refractivity contribution in [1.82, 2.24) is 9.97 Å². The van der Waals surface area contributed by atoms with E-state index in [9.17, 15) is 9.90 Å². The minimum atomic E-state index is -0.760. The van der Waals surface area contributed by atoms with E-state index >= 15 is 0 Å². The fourth-order valence-electron chi connectivity index (χ4n) is 2.61. The van der Waals surface area contributed by atoms with Gasteiger partial charge in [-0.3, -0.25) is 4.79 Å². The fourth-order valence-corrected chi connectivity index (χ4v) is 2.61. The number of hydrogen-bond acceptors (Lipinski definition) is 5. The van der Waals surface area contributed by atoms with Crippen LogP contribution < -0.4 is 5.32 Å². The summed E-state index contributed by atoms with van der Waals surface area (Å²) in [6.07, 6.45) is 3.31. The van der Waals surface area contributed by atoms with Crippen molar-refractivity contribution in [2.24, 2.45) is 11.8 Å². The minimum absolute atomic E-state index is 0.134. The molecule has 0 spiro atoms. The molecule has 6 heteroatoms. The highest BCUT2D eigenvalue weighted by molar-refractivity contribution is 5.71. The second-order valence-corrected chi connectivity index (χ2v) is 6.79. The van der Waals surface area contributed by atoms with Crippen LogP contribution in [0.15, 0.2) is 12.3 Å². The number of nitrogens with one attached hydrogen (secondary N) is 1. The first-order chi connectivity index (χ1) is 10.4. The van der Waals surface area contributed by atoms with Crippen molar-refractivity contribution in [3.05, 3.63) is 18.1 Å². The zero-order chi connectivity index (χ0) is 16.2. The van der Waals surface area contributed by atoms with E-state index in [1.165, 1.54) is 0 Å². The van der Waals surface area contributed by atoms with Crippen LogP contribution in [0.1, 0.15) is 39.4 Å². The van der Waals surface area contributed by atoms with Crippen LogP contribution in [0.5, 0.6) is 0 Å². The Balaban J connectivity index is 2.01. The molecule has 0 bridgehead atoms. The molecule has 1 aromatic rings. The van der Waals surface area contributed by atoms with Gasteiger partial charge in [0.15, 0.2) is 0 Å². The molecule has 122 valence electrons. The van der Waals surface area contributed by atoms with E-state index in [4.69, 9.17) is 4.74 Å². The van der Waals surface area contributed by atoms with Crippen LogP contribution in [-0.2, 0) is 14.9 Å². The predicted molar refractivity (Wildman–Crippen MR) is 83.9 cm³/mol. The number of nitrogens with zero attached hydrogens (tertiary/aromatic N) is 2. The number of ether oxygens (including phenoxy) is 1. The third-order valence-electron chi connectivity index (χ3n) is 3.98. The number of carboxylic acids is 1. The molecule has 1 aromatic heterocycles. The molecule has 2 N–H and O–H groups in total. The van der Waals surface area contributed by atoms with Crippen molar-refractivity contribution >= 4 is 11.8 Å². The zero-order valence-corrected chi connectivity index (χ0v) is 13.5. The number of aliphatic carboxylic acids is 1. The molecule has 0 saturated carbocycles. The molecule has 1 aliphatic heterocycles. The molecular formula is C16H25N3O3. The Bertz CT molecular complexity index is 508. The maximum absolute atomic E-state index is 11.5. The van der Waals surface area contributed by atoms with Crippen molar-refractivity contribution < 1.29 is 14.6 Å². The van der Waals surface area contributed by atoms with Crippen LogP contribution in [0.4, 0.5) is 5.82 Å². The Morgan fingerprint density at radius 3 is 2.73 bits per heavy atom. The molecule has 0 aliphatic carbocycles. The second-order valence-electron chi connectivity index (χ2n) is 6.79. The SMILES string of the molecule is CC(C)(C)c1nccc(NCC(C(=O)O)C2CCOCC2)n1. The van der Waals surface area contributed by atoms with E-state index in [0.29, 0.717) is 25.6 Å². The molecule has 1 aliphatic rings. The average Bonchev–Trinajstić information content (AvgIpc) is 2.48. The molecule has 0 aromatic carbocycles. The van der Waals surface area contributed by atoms with Gasteiger partial charge in [-0.15, -0.1) is 0 Å². The van der Waals surface area contributed by atoms with Gasteiger partial charge in [-0.05, 0) is 24.8 Å². The first-order valence-electron chi connectivity index (χ1n) is 7.76. The molecule has 2 rings (SSSR count). The number of hydrogen-bond donors (Lipinski definition) is 2. The standard InChI is InChI=1S/C16H25N3O3/c1-16(2,3)15-17-7-4-13(19-15)18-10-12(14(20)21)11-5-8-22-9-6-11/h4,7,11-12H,5-6,8-10H2,1-3H3,(H,20,21)(H,17,18,19). The van der Waals surface area contributed by atoms with Crippen molar-refractivity contribution in [1.29, 1.82) is 0 Å². The first-order valence-corrected chi connectivity index (χ1v) is 7.76. The topological polar surface area (TPSA) is 84.3 Å². The number of anilines is 1. The van der Waals surface area contributed by atoms with Crippen molar-refractivity contribution in [3.8, 4) is 0 Å². The third-order valence-corrected chi connectivity index (χ3v) is 3.98. The van der Waals surface area contributed by atoms with E-state index in [1.807, 2.05) is 20.8 Å². The Morgan fingerprint density at radius 1 is 1.45 bits per heavy atom. The summed E-state index contributed by atoms with van der Waals surface area (Å²) in [7, 11) is 0. The Morgan fingerprint density at radius 2 is 2.14 bits per heavy atom. The normalized spacial score (nSPS) is 18.0. The third kappa shape index (κ3) is 4.40. The Labute approximate surface area is 131 Å². The van der Waals surface area contributed by atoms with Crippen molar-refractivity contribution in [2.75, 3.05) is 25.1 Å². The number of aromatic nitrogens is 2. The van der Waals surface area contributed by atoms with Gasteiger partial charge in [0.2, 0.25) is 0 Å². The summed E-state index contributed by atoms with van der Waals surface area (Å²) in [6.45, 7) is 7.82. The molecule has 6 nitrogen and oxygen atoms in total. The van der Waals surface area contributed by atoms with Gasteiger partial charge < -0.3 is 15.2 Å². The second kappa shape index (κ2) is 7.05. The molecule has 0 radical (unpaired) electrons. The van der Waals surface area contributed by atoms with Gasteiger partial charge in [0.25, 0.3) is 0 Å². The van der Waals surface area contributed by atoms with Crippen LogP contribution in [0, 0.1) is 11.8 Å². The molecule has 0 amide bonds. The lowest BCUT2D eigenvalue weighted by molar-refractivity contribution is -0.144. The molecule has 22 heavy (non-hydrogen) atoms. The highest BCUT2D eigenvalue weighted by atomic mass is 16.5.